The maximum atomic E-state index is 12.3. The van der Waals surface area contributed by atoms with Crippen molar-refractivity contribution in [1.82, 2.24) is 9.80 Å². The van der Waals surface area contributed by atoms with Crippen molar-refractivity contribution in [2.75, 3.05) is 32.8 Å². The summed E-state index contributed by atoms with van der Waals surface area (Å²) < 4.78 is 6.03. The van der Waals surface area contributed by atoms with Crippen LogP contribution in [0.5, 0.6) is 5.75 Å². The smallest absolute Gasteiger partial charge is 0.328 e. The van der Waals surface area contributed by atoms with Crippen LogP contribution in [0.2, 0.25) is 0 Å². The van der Waals surface area contributed by atoms with Crippen molar-refractivity contribution in [1.29, 1.82) is 0 Å². The highest BCUT2D eigenvalue weighted by molar-refractivity contribution is 5.88. The summed E-state index contributed by atoms with van der Waals surface area (Å²) in [5, 5.41) is 8.60. The van der Waals surface area contributed by atoms with Gasteiger partial charge in [-0.1, -0.05) is 44.2 Å². The molecule has 2 aliphatic heterocycles. The number of benzene rings is 1. The van der Waals surface area contributed by atoms with Gasteiger partial charge in [0.15, 0.2) is 0 Å². The number of hydrogen-bond acceptors (Lipinski definition) is 4. The molecule has 1 N–H and O–H groups in total. The minimum atomic E-state index is -1.01. The number of ether oxygens (including phenoxy) is 1. The number of para-hydroxylation sites is 1. The van der Waals surface area contributed by atoms with Crippen molar-refractivity contribution in [2.24, 2.45) is 11.3 Å². The Morgan fingerprint density at radius 2 is 1.66 bits per heavy atom. The van der Waals surface area contributed by atoms with Gasteiger partial charge in [-0.25, -0.2) is 4.79 Å². The van der Waals surface area contributed by atoms with Crippen molar-refractivity contribution in [3.8, 4) is 5.75 Å². The largest absolute Gasteiger partial charge is 0.493 e. The number of piperidine rings is 2. The van der Waals surface area contributed by atoms with E-state index in [9.17, 15) is 9.59 Å². The predicted octanol–water partition coefficient (Wildman–Crippen LogP) is 4.12. The number of likely N-dealkylation sites (tertiary alicyclic amines) is 2. The molecule has 2 aliphatic rings. The second-order valence-electron chi connectivity index (χ2n) is 9.47. The monoisotopic (exact) mass is 440 g/mol. The highest BCUT2D eigenvalue weighted by Crippen LogP contribution is 2.41. The van der Waals surface area contributed by atoms with E-state index in [1.54, 1.807) is 0 Å². The van der Waals surface area contributed by atoms with Crippen LogP contribution in [0.1, 0.15) is 45.1 Å². The maximum absolute atomic E-state index is 12.3. The van der Waals surface area contributed by atoms with Crippen LogP contribution in [0.25, 0.3) is 0 Å². The number of carbonyl (C=O) groups is 2. The van der Waals surface area contributed by atoms with Crippen LogP contribution >= 0.6 is 0 Å². The van der Waals surface area contributed by atoms with Crippen LogP contribution in [-0.4, -0.2) is 59.6 Å². The van der Waals surface area contributed by atoms with E-state index in [-0.39, 0.29) is 5.91 Å². The van der Waals surface area contributed by atoms with Gasteiger partial charge in [0.2, 0.25) is 5.91 Å². The summed E-state index contributed by atoms with van der Waals surface area (Å²) in [6.07, 6.45) is 9.79. The van der Waals surface area contributed by atoms with E-state index >= 15 is 0 Å². The first-order chi connectivity index (χ1) is 15.4. The Morgan fingerprint density at radius 1 is 1.03 bits per heavy atom. The first-order valence-electron chi connectivity index (χ1n) is 11.7. The van der Waals surface area contributed by atoms with Crippen molar-refractivity contribution in [3.63, 3.8) is 0 Å². The average Bonchev–Trinajstić information content (AvgIpc) is 2.78. The first-order valence-corrected chi connectivity index (χ1v) is 11.7. The Bertz CT molecular complexity index is 828. The third-order valence-corrected chi connectivity index (χ3v) is 6.58. The number of allylic oxidation sites excluding steroid dienone is 2. The molecule has 1 amide bonds. The second kappa shape index (κ2) is 11.3. The zero-order valence-corrected chi connectivity index (χ0v) is 19.3. The van der Waals surface area contributed by atoms with Crippen LogP contribution in [0.15, 0.2) is 48.6 Å². The van der Waals surface area contributed by atoms with E-state index in [0.29, 0.717) is 11.3 Å². The van der Waals surface area contributed by atoms with E-state index in [1.165, 1.54) is 36.6 Å². The number of carboxylic acids is 1. The van der Waals surface area contributed by atoms with E-state index < -0.39 is 5.97 Å². The normalized spacial score (nSPS) is 19.3. The molecule has 0 saturated carbocycles. The quantitative estimate of drug-likeness (QED) is 0.486. The summed E-state index contributed by atoms with van der Waals surface area (Å²) in [5.41, 5.74) is 1.60. The molecule has 2 saturated heterocycles. The van der Waals surface area contributed by atoms with E-state index in [4.69, 9.17) is 9.84 Å². The minimum Gasteiger partial charge on any atom is -0.493 e. The zero-order valence-electron chi connectivity index (χ0n) is 19.3. The predicted molar refractivity (Wildman–Crippen MR) is 125 cm³/mol. The Hall–Kier alpha value is -2.60. The van der Waals surface area contributed by atoms with Gasteiger partial charge < -0.3 is 14.7 Å². The first kappa shape index (κ1) is 24.1. The van der Waals surface area contributed by atoms with Crippen molar-refractivity contribution in [2.45, 2.75) is 46.1 Å². The molecule has 1 aromatic rings. The van der Waals surface area contributed by atoms with E-state index in [0.717, 1.165) is 64.0 Å². The van der Waals surface area contributed by atoms with Gasteiger partial charge in [-0.05, 0) is 56.2 Å². The molecule has 0 radical (unpaired) electrons. The highest BCUT2D eigenvalue weighted by Gasteiger charge is 2.38. The van der Waals surface area contributed by atoms with E-state index in [2.05, 4.69) is 36.9 Å². The SMILES string of the molecule is CC(C)COc1ccccc1CN1CCC2(CC1)CCN(C(=O)C=CC=CC(=O)O)CC2. The van der Waals surface area contributed by atoms with Crippen LogP contribution in [-0.2, 0) is 16.1 Å². The Kier molecular flexibility index (Phi) is 8.51. The second-order valence-corrected chi connectivity index (χ2v) is 9.47. The van der Waals surface area contributed by atoms with Crippen LogP contribution in [0, 0.1) is 11.3 Å². The third kappa shape index (κ3) is 6.95. The number of hydrogen-bond donors (Lipinski definition) is 1. The van der Waals surface area contributed by atoms with Gasteiger partial charge in [0.25, 0.3) is 0 Å². The van der Waals surface area contributed by atoms with Crippen LogP contribution < -0.4 is 4.74 Å². The van der Waals surface area contributed by atoms with E-state index in [1.807, 2.05) is 11.0 Å². The van der Waals surface area contributed by atoms with Gasteiger partial charge in [-0.3, -0.25) is 9.69 Å². The van der Waals surface area contributed by atoms with Gasteiger partial charge in [0.05, 0.1) is 6.61 Å². The molecule has 1 spiro atoms. The molecule has 3 rings (SSSR count). The molecule has 174 valence electrons. The van der Waals surface area contributed by atoms with Crippen LogP contribution in [0.3, 0.4) is 0 Å². The molecule has 6 heteroatoms. The molecule has 0 unspecified atom stereocenters. The minimum absolute atomic E-state index is 0.0367. The van der Waals surface area contributed by atoms with Crippen LogP contribution in [0.4, 0.5) is 0 Å². The number of nitrogens with zero attached hydrogens (tertiary/aromatic N) is 2. The van der Waals surface area contributed by atoms with Gasteiger partial charge in [0.1, 0.15) is 5.75 Å². The molecule has 6 nitrogen and oxygen atoms in total. The number of aliphatic carboxylic acids is 1. The molecule has 0 aromatic heterocycles. The molecule has 0 atom stereocenters. The van der Waals surface area contributed by atoms with Gasteiger partial charge >= 0.3 is 5.97 Å². The summed E-state index contributed by atoms with van der Waals surface area (Å²) in [6.45, 7) is 9.69. The summed E-state index contributed by atoms with van der Waals surface area (Å²) in [6, 6.07) is 8.36. The Labute approximate surface area is 191 Å². The summed E-state index contributed by atoms with van der Waals surface area (Å²) in [7, 11) is 0. The average molecular weight is 441 g/mol. The number of carboxylic acid groups (broad SMARTS) is 1. The Morgan fingerprint density at radius 3 is 2.31 bits per heavy atom. The molecular formula is C26H36N2O4. The fourth-order valence-electron chi connectivity index (χ4n) is 4.54. The lowest BCUT2D eigenvalue weighted by atomic mass is 9.71. The highest BCUT2D eigenvalue weighted by atomic mass is 16.5. The van der Waals surface area contributed by atoms with Crippen molar-refractivity contribution >= 4 is 11.9 Å². The van der Waals surface area contributed by atoms with Crippen molar-refractivity contribution in [3.05, 3.63) is 54.1 Å². The lowest BCUT2D eigenvalue weighted by molar-refractivity contribution is -0.131. The molecular weight excluding hydrogens is 404 g/mol. The lowest BCUT2D eigenvalue weighted by Gasteiger charge is -2.46. The van der Waals surface area contributed by atoms with Gasteiger partial charge in [-0.15, -0.1) is 0 Å². The lowest BCUT2D eigenvalue weighted by Crippen LogP contribution is -2.47. The molecule has 1 aromatic carbocycles. The van der Waals surface area contributed by atoms with Gasteiger partial charge in [0, 0.05) is 37.3 Å². The molecule has 32 heavy (non-hydrogen) atoms. The maximum Gasteiger partial charge on any atom is 0.328 e. The zero-order chi connectivity index (χ0) is 23.0. The molecule has 0 aliphatic carbocycles. The fraction of sp³-hybridized carbons (Fsp3) is 0.538. The van der Waals surface area contributed by atoms with Gasteiger partial charge in [-0.2, -0.15) is 0 Å². The number of carbonyl (C=O) groups excluding carboxylic acids is 1. The summed E-state index contributed by atoms with van der Waals surface area (Å²) >= 11 is 0. The third-order valence-electron chi connectivity index (χ3n) is 6.58. The Balaban J connectivity index is 1.46. The standard InChI is InChI=1S/C26H36N2O4/c1-21(2)20-32-23-8-4-3-7-22(23)19-27-15-11-26(12-16-27)13-17-28(18-14-26)24(29)9-5-6-10-25(30)31/h3-10,21H,11-20H2,1-2H3,(H,30,31). The summed E-state index contributed by atoms with van der Waals surface area (Å²) in [4.78, 5) is 27.2. The number of amides is 1. The fourth-order valence-corrected chi connectivity index (χ4v) is 4.54. The topological polar surface area (TPSA) is 70.1 Å². The molecule has 0 bridgehead atoms. The molecule has 2 heterocycles. The number of rotatable bonds is 8. The summed E-state index contributed by atoms with van der Waals surface area (Å²) in [5.74, 6) is 0.456. The molecule has 2 fully saturated rings. The van der Waals surface area contributed by atoms with Crippen molar-refractivity contribution < 1.29 is 19.4 Å².